The van der Waals surface area contributed by atoms with Crippen LogP contribution in [-0.2, 0) is 21.9 Å². The molecule has 0 unspecified atom stereocenters. The average molecular weight is 419 g/mol. The summed E-state index contributed by atoms with van der Waals surface area (Å²) >= 11 is 6.63. The van der Waals surface area contributed by atoms with Crippen LogP contribution in [0.1, 0.15) is 11.1 Å². The van der Waals surface area contributed by atoms with Crippen LogP contribution in [0.25, 0.3) is 0 Å². The van der Waals surface area contributed by atoms with E-state index < -0.39 is 10.0 Å². The highest BCUT2D eigenvalue weighted by atomic mass is 79.9. The van der Waals surface area contributed by atoms with Crippen LogP contribution in [0.4, 0.5) is 0 Å². The van der Waals surface area contributed by atoms with E-state index in [-0.39, 0.29) is 11.4 Å². The van der Waals surface area contributed by atoms with Crippen LogP contribution in [-0.4, -0.2) is 8.42 Å². The zero-order valence-corrected chi connectivity index (χ0v) is 14.5. The Kier molecular flexibility index (Phi) is 5.37. The second kappa shape index (κ2) is 6.85. The number of nitrogens with one attached hydrogen (secondary N) is 1. The summed E-state index contributed by atoms with van der Waals surface area (Å²) in [6.07, 6.45) is 0. The van der Waals surface area contributed by atoms with E-state index in [4.69, 9.17) is 0 Å². The van der Waals surface area contributed by atoms with Crippen molar-refractivity contribution in [3.8, 4) is 0 Å². The number of alkyl halides is 1. The van der Waals surface area contributed by atoms with Gasteiger partial charge in [-0.05, 0) is 39.2 Å². The zero-order valence-electron chi connectivity index (χ0n) is 10.5. The maximum absolute atomic E-state index is 12.2. The number of hydrogen-bond donors (Lipinski definition) is 1. The van der Waals surface area contributed by atoms with Gasteiger partial charge in [0, 0.05) is 16.3 Å². The van der Waals surface area contributed by atoms with Crippen LogP contribution >= 0.6 is 31.9 Å². The van der Waals surface area contributed by atoms with E-state index in [1.54, 1.807) is 24.3 Å². The Bertz CT molecular complexity index is 685. The molecule has 3 nitrogen and oxygen atoms in total. The van der Waals surface area contributed by atoms with E-state index in [2.05, 4.69) is 36.6 Å². The van der Waals surface area contributed by atoms with E-state index in [1.165, 1.54) is 0 Å². The normalized spacial score (nSPS) is 11.5. The van der Waals surface area contributed by atoms with Gasteiger partial charge < -0.3 is 0 Å². The van der Waals surface area contributed by atoms with Crippen molar-refractivity contribution in [3.05, 3.63) is 64.1 Å². The smallest absolute Gasteiger partial charge is 0.207 e. The summed E-state index contributed by atoms with van der Waals surface area (Å²) in [5.41, 5.74) is 2.08. The summed E-state index contributed by atoms with van der Waals surface area (Å²) in [5.74, 6) is 0. The van der Waals surface area contributed by atoms with Gasteiger partial charge in [-0.25, -0.2) is 13.1 Å². The lowest BCUT2D eigenvalue weighted by atomic mass is 10.2. The van der Waals surface area contributed by atoms with Crippen molar-refractivity contribution in [2.45, 2.75) is 16.8 Å². The van der Waals surface area contributed by atoms with Crippen LogP contribution < -0.4 is 4.72 Å². The summed E-state index contributed by atoms with van der Waals surface area (Å²) in [6, 6.07) is 14.5. The minimum absolute atomic E-state index is 0.247. The van der Waals surface area contributed by atoms with Gasteiger partial charge in [0.15, 0.2) is 0 Å². The number of halogens is 2. The minimum atomic E-state index is -3.51. The molecule has 0 spiro atoms. The van der Waals surface area contributed by atoms with Crippen LogP contribution in [0, 0.1) is 0 Å². The molecule has 0 radical (unpaired) electrons. The standard InChI is InChI=1S/C14H13Br2NO2S/c15-9-11-5-7-12(8-6-11)10-17-20(18,19)14-4-2-1-3-13(14)16/h1-8,17H,9-10H2. The Balaban J connectivity index is 2.11. The monoisotopic (exact) mass is 417 g/mol. The van der Waals surface area contributed by atoms with E-state index in [0.29, 0.717) is 4.47 Å². The van der Waals surface area contributed by atoms with Crippen LogP contribution in [0.5, 0.6) is 0 Å². The minimum Gasteiger partial charge on any atom is -0.207 e. The third kappa shape index (κ3) is 3.91. The summed E-state index contributed by atoms with van der Waals surface area (Å²) in [7, 11) is -3.51. The molecule has 2 rings (SSSR count). The molecule has 0 fully saturated rings. The third-order valence-corrected chi connectivity index (χ3v) is 5.83. The Morgan fingerprint density at radius 2 is 1.55 bits per heavy atom. The number of sulfonamides is 1. The number of hydrogen-bond acceptors (Lipinski definition) is 2. The van der Waals surface area contributed by atoms with Gasteiger partial charge in [0.05, 0.1) is 4.90 Å². The fourth-order valence-corrected chi connectivity index (χ4v) is 4.06. The van der Waals surface area contributed by atoms with E-state index in [9.17, 15) is 8.42 Å². The van der Waals surface area contributed by atoms with Gasteiger partial charge in [-0.3, -0.25) is 0 Å². The van der Waals surface area contributed by atoms with Crippen LogP contribution in [0.2, 0.25) is 0 Å². The molecule has 1 N–H and O–H groups in total. The van der Waals surface area contributed by atoms with E-state index in [0.717, 1.165) is 16.5 Å². The Hall–Kier alpha value is -0.690. The van der Waals surface area contributed by atoms with Gasteiger partial charge in [-0.2, -0.15) is 0 Å². The molecule has 0 aromatic heterocycles. The number of rotatable bonds is 5. The quantitative estimate of drug-likeness (QED) is 0.750. The van der Waals surface area contributed by atoms with Crippen molar-refractivity contribution < 1.29 is 8.42 Å². The van der Waals surface area contributed by atoms with Gasteiger partial charge in [0.2, 0.25) is 10.0 Å². The lowest BCUT2D eigenvalue weighted by molar-refractivity contribution is 0.581. The topological polar surface area (TPSA) is 46.2 Å². The summed E-state index contributed by atoms with van der Waals surface area (Å²) in [6.45, 7) is 0.270. The van der Waals surface area contributed by atoms with Crippen molar-refractivity contribution in [2.24, 2.45) is 0 Å². The average Bonchev–Trinajstić information content (AvgIpc) is 2.46. The summed E-state index contributed by atoms with van der Waals surface area (Å²) in [4.78, 5) is 0.247. The van der Waals surface area contributed by atoms with Crippen molar-refractivity contribution in [1.29, 1.82) is 0 Å². The highest BCUT2D eigenvalue weighted by molar-refractivity contribution is 9.10. The molecule has 0 saturated heterocycles. The second-order valence-corrected chi connectivity index (χ2v) is 7.36. The largest absolute Gasteiger partial charge is 0.241 e. The third-order valence-electron chi connectivity index (χ3n) is 2.77. The summed E-state index contributed by atoms with van der Waals surface area (Å²) in [5, 5.41) is 0.788. The molecule has 0 amide bonds. The van der Waals surface area contributed by atoms with Crippen molar-refractivity contribution in [3.63, 3.8) is 0 Å². The highest BCUT2D eigenvalue weighted by Gasteiger charge is 2.16. The van der Waals surface area contributed by atoms with Gasteiger partial charge >= 0.3 is 0 Å². The molecule has 106 valence electrons. The Morgan fingerprint density at radius 1 is 0.950 bits per heavy atom. The fraction of sp³-hybridized carbons (Fsp3) is 0.143. The molecule has 0 aliphatic rings. The molecule has 0 aliphatic heterocycles. The van der Waals surface area contributed by atoms with Crippen LogP contribution in [0.15, 0.2) is 57.9 Å². The molecule has 0 bridgehead atoms. The highest BCUT2D eigenvalue weighted by Crippen LogP contribution is 2.21. The van der Waals surface area contributed by atoms with Gasteiger partial charge in [0.1, 0.15) is 0 Å². The zero-order chi connectivity index (χ0) is 14.6. The van der Waals surface area contributed by atoms with Crippen molar-refractivity contribution in [2.75, 3.05) is 0 Å². The lowest BCUT2D eigenvalue weighted by Crippen LogP contribution is -2.23. The predicted molar refractivity (Wildman–Crippen MR) is 87.2 cm³/mol. The fourth-order valence-electron chi connectivity index (χ4n) is 1.66. The first-order valence-corrected chi connectivity index (χ1v) is 9.30. The van der Waals surface area contributed by atoms with E-state index >= 15 is 0 Å². The van der Waals surface area contributed by atoms with Crippen molar-refractivity contribution in [1.82, 2.24) is 4.72 Å². The Labute approximate surface area is 135 Å². The van der Waals surface area contributed by atoms with Crippen LogP contribution in [0.3, 0.4) is 0 Å². The van der Waals surface area contributed by atoms with Crippen molar-refractivity contribution >= 4 is 41.9 Å². The Morgan fingerprint density at radius 3 is 2.15 bits per heavy atom. The molecule has 0 heterocycles. The summed E-state index contributed by atoms with van der Waals surface area (Å²) < 4.78 is 27.6. The molecule has 6 heteroatoms. The molecule has 20 heavy (non-hydrogen) atoms. The maximum atomic E-state index is 12.2. The first kappa shape index (κ1) is 15.7. The number of benzene rings is 2. The molecular formula is C14H13Br2NO2S. The molecule has 0 saturated carbocycles. The van der Waals surface area contributed by atoms with Gasteiger partial charge in [-0.15, -0.1) is 0 Å². The van der Waals surface area contributed by atoms with E-state index in [1.807, 2.05) is 24.3 Å². The molecular weight excluding hydrogens is 406 g/mol. The first-order valence-electron chi connectivity index (χ1n) is 5.91. The molecule has 2 aromatic rings. The lowest BCUT2D eigenvalue weighted by Gasteiger charge is -2.08. The molecule has 2 aromatic carbocycles. The molecule has 0 aliphatic carbocycles. The van der Waals surface area contributed by atoms with Gasteiger partial charge in [0.25, 0.3) is 0 Å². The SMILES string of the molecule is O=S(=O)(NCc1ccc(CBr)cc1)c1ccccc1Br. The molecule has 0 atom stereocenters. The first-order chi connectivity index (χ1) is 9.53. The second-order valence-electron chi connectivity index (χ2n) is 4.21. The maximum Gasteiger partial charge on any atom is 0.241 e. The predicted octanol–water partition coefficient (Wildman–Crippen LogP) is 3.82. The van der Waals surface area contributed by atoms with Gasteiger partial charge in [-0.1, -0.05) is 52.3 Å².